The maximum absolute atomic E-state index is 4.37. The van der Waals surface area contributed by atoms with E-state index in [1.54, 1.807) is 0 Å². The van der Waals surface area contributed by atoms with Crippen LogP contribution in [0.1, 0.15) is 31.2 Å². The number of likely N-dealkylation sites (N-methyl/N-ethyl adjacent to an activating group) is 1. The second-order valence-electron chi connectivity index (χ2n) is 5.36. The van der Waals surface area contributed by atoms with Gasteiger partial charge in [-0.25, -0.2) is 9.97 Å². The molecule has 0 N–H and O–H groups in total. The first-order valence-electron chi connectivity index (χ1n) is 6.87. The van der Waals surface area contributed by atoms with Gasteiger partial charge < -0.3 is 4.90 Å². The van der Waals surface area contributed by atoms with E-state index >= 15 is 0 Å². The van der Waals surface area contributed by atoms with Crippen molar-refractivity contribution in [2.24, 2.45) is 0 Å². The van der Waals surface area contributed by atoms with E-state index in [4.69, 9.17) is 0 Å². The van der Waals surface area contributed by atoms with Crippen LogP contribution in [0.25, 0.3) is 0 Å². The average molecular weight is 248 g/mol. The van der Waals surface area contributed by atoms with E-state index in [0.29, 0.717) is 6.04 Å². The molecule has 1 unspecified atom stereocenters. The molecule has 0 aliphatic carbocycles. The van der Waals surface area contributed by atoms with Gasteiger partial charge >= 0.3 is 0 Å². The normalized spacial score (nSPS) is 21.4. The molecular weight excluding hydrogens is 224 g/mol. The molecule has 2 rings (SSSR count). The number of aromatic nitrogens is 2. The first-order chi connectivity index (χ1) is 8.69. The fraction of sp³-hybridized carbons (Fsp3) is 0.714. The van der Waals surface area contributed by atoms with E-state index in [2.05, 4.69) is 40.8 Å². The van der Waals surface area contributed by atoms with Gasteiger partial charge in [0.25, 0.3) is 0 Å². The highest BCUT2D eigenvalue weighted by atomic mass is 15.2. The lowest BCUT2D eigenvalue weighted by atomic mass is 10.0. The van der Waals surface area contributed by atoms with Crippen molar-refractivity contribution in [3.63, 3.8) is 0 Å². The summed E-state index contributed by atoms with van der Waals surface area (Å²) in [6, 6.07) is 0.689. The molecule has 1 aliphatic rings. The van der Waals surface area contributed by atoms with Crippen molar-refractivity contribution < 1.29 is 0 Å². The van der Waals surface area contributed by atoms with Gasteiger partial charge in [0.15, 0.2) is 0 Å². The van der Waals surface area contributed by atoms with Gasteiger partial charge in [-0.15, -0.1) is 0 Å². The minimum Gasteiger partial charge on any atom is -0.305 e. The lowest BCUT2D eigenvalue weighted by molar-refractivity contribution is 0.127. The molecule has 2 heterocycles. The molecular formula is C14H24N4. The molecule has 18 heavy (non-hydrogen) atoms. The highest BCUT2D eigenvalue weighted by Gasteiger charge is 2.21. The van der Waals surface area contributed by atoms with E-state index in [1.165, 1.54) is 24.9 Å². The van der Waals surface area contributed by atoms with E-state index in [1.807, 2.05) is 12.4 Å². The summed E-state index contributed by atoms with van der Waals surface area (Å²) in [6.07, 6.45) is 7.47. The number of nitrogens with zero attached hydrogens (tertiary/aromatic N) is 4. The molecule has 0 saturated carbocycles. The van der Waals surface area contributed by atoms with Gasteiger partial charge in [0, 0.05) is 43.5 Å². The van der Waals surface area contributed by atoms with Crippen LogP contribution in [0.5, 0.6) is 0 Å². The summed E-state index contributed by atoms with van der Waals surface area (Å²) in [7, 11) is 4.35. The Balaban J connectivity index is 1.91. The molecule has 0 aromatic carbocycles. The van der Waals surface area contributed by atoms with Gasteiger partial charge in [-0.2, -0.15) is 0 Å². The van der Waals surface area contributed by atoms with E-state index < -0.39 is 0 Å². The van der Waals surface area contributed by atoms with Crippen LogP contribution in [0.15, 0.2) is 12.4 Å². The Kier molecular flexibility index (Phi) is 4.66. The Morgan fingerprint density at radius 1 is 1.33 bits per heavy atom. The molecule has 0 amide bonds. The van der Waals surface area contributed by atoms with Crippen molar-refractivity contribution in [1.82, 2.24) is 19.8 Å². The summed E-state index contributed by atoms with van der Waals surface area (Å²) in [4.78, 5) is 13.6. The average Bonchev–Trinajstić information content (AvgIpc) is 2.40. The maximum atomic E-state index is 4.37. The maximum Gasteiger partial charge on any atom is 0.127 e. The van der Waals surface area contributed by atoms with Crippen molar-refractivity contribution in [2.75, 3.05) is 27.2 Å². The summed E-state index contributed by atoms with van der Waals surface area (Å²) in [5, 5.41) is 0. The fourth-order valence-corrected chi connectivity index (χ4v) is 2.50. The molecule has 1 fully saturated rings. The first-order valence-corrected chi connectivity index (χ1v) is 6.87. The highest BCUT2D eigenvalue weighted by Crippen LogP contribution is 2.15. The summed E-state index contributed by atoms with van der Waals surface area (Å²) >= 11 is 0. The fourth-order valence-electron chi connectivity index (χ4n) is 2.50. The number of hydrogen-bond donors (Lipinski definition) is 0. The van der Waals surface area contributed by atoms with Gasteiger partial charge in [0.1, 0.15) is 5.82 Å². The van der Waals surface area contributed by atoms with E-state index in [-0.39, 0.29) is 0 Å². The van der Waals surface area contributed by atoms with Gasteiger partial charge in [-0.05, 0) is 33.5 Å². The number of likely N-dealkylation sites (tertiary alicyclic amines) is 1. The molecule has 1 aromatic rings. The van der Waals surface area contributed by atoms with Gasteiger partial charge in [-0.1, -0.05) is 6.92 Å². The number of piperidine rings is 1. The van der Waals surface area contributed by atoms with Crippen LogP contribution in [0.3, 0.4) is 0 Å². The lowest BCUT2D eigenvalue weighted by Gasteiger charge is -2.36. The van der Waals surface area contributed by atoms with Crippen molar-refractivity contribution in [3.8, 4) is 0 Å². The number of hydrogen-bond acceptors (Lipinski definition) is 4. The Bertz CT molecular complexity index is 361. The molecule has 100 valence electrons. The molecule has 1 aromatic heterocycles. The Morgan fingerprint density at radius 2 is 2.06 bits per heavy atom. The molecule has 1 atom stereocenters. The predicted molar refractivity (Wildman–Crippen MR) is 73.4 cm³/mol. The van der Waals surface area contributed by atoms with Crippen molar-refractivity contribution >= 4 is 0 Å². The summed E-state index contributed by atoms with van der Waals surface area (Å²) in [5.41, 5.74) is 1.23. The van der Waals surface area contributed by atoms with Gasteiger partial charge in [0.05, 0.1) is 0 Å². The summed E-state index contributed by atoms with van der Waals surface area (Å²) < 4.78 is 0. The Morgan fingerprint density at radius 3 is 2.67 bits per heavy atom. The van der Waals surface area contributed by atoms with Gasteiger partial charge in [0.2, 0.25) is 0 Å². The smallest absolute Gasteiger partial charge is 0.127 e. The number of aryl methyl sites for hydroxylation is 1. The SMILES string of the molecule is CCc1ncc(CN2CCCC(N(C)C)C2)cn1. The molecule has 0 radical (unpaired) electrons. The molecule has 0 spiro atoms. The van der Waals surface area contributed by atoms with Crippen molar-refractivity contribution in [3.05, 3.63) is 23.8 Å². The zero-order valence-electron chi connectivity index (χ0n) is 11.8. The minimum atomic E-state index is 0.689. The zero-order valence-corrected chi connectivity index (χ0v) is 11.8. The second-order valence-corrected chi connectivity index (χ2v) is 5.36. The molecule has 0 bridgehead atoms. The van der Waals surface area contributed by atoms with Crippen LogP contribution in [0.4, 0.5) is 0 Å². The lowest BCUT2D eigenvalue weighted by Crippen LogP contribution is -2.44. The van der Waals surface area contributed by atoms with Crippen molar-refractivity contribution in [1.29, 1.82) is 0 Å². The van der Waals surface area contributed by atoms with E-state index in [0.717, 1.165) is 25.3 Å². The van der Waals surface area contributed by atoms with Crippen LogP contribution in [-0.4, -0.2) is 53.0 Å². The van der Waals surface area contributed by atoms with Crippen LogP contribution >= 0.6 is 0 Å². The van der Waals surface area contributed by atoms with Crippen LogP contribution in [0.2, 0.25) is 0 Å². The predicted octanol–water partition coefficient (Wildman–Crippen LogP) is 1.56. The highest BCUT2D eigenvalue weighted by molar-refractivity contribution is 5.05. The van der Waals surface area contributed by atoms with Crippen LogP contribution < -0.4 is 0 Å². The second kappa shape index (κ2) is 6.25. The molecule has 4 nitrogen and oxygen atoms in total. The third-order valence-electron chi connectivity index (χ3n) is 3.69. The standard InChI is InChI=1S/C14H24N4/c1-4-14-15-8-12(9-16-14)10-18-7-5-6-13(11-18)17(2)3/h8-9,13H,4-7,10-11H2,1-3H3. The van der Waals surface area contributed by atoms with Crippen LogP contribution in [0, 0.1) is 0 Å². The van der Waals surface area contributed by atoms with Crippen molar-refractivity contribution in [2.45, 2.75) is 38.8 Å². The third-order valence-corrected chi connectivity index (χ3v) is 3.69. The quantitative estimate of drug-likeness (QED) is 0.809. The molecule has 1 saturated heterocycles. The molecule has 4 heteroatoms. The summed E-state index contributed by atoms with van der Waals surface area (Å²) in [5.74, 6) is 0.934. The van der Waals surface area contributed by atoms with Gasteiger partial charge in [-0.3, -0.25) is 4.90 Å². The minimum absolute atomic E-state index is 0.689. The Labute approximate surface area is 110 Å². The monoisotopic (exact) mass is 248 g/mol. The zero-order chi connectivity index (χ0) is 13.0. The topological polar surface area (TPSA) is 32.3 Å². The number of rotatable bonds is 4. The first kappa shape index (κ1) is 13.4. The van der Waals surface area contributed by atoms with Crippen LogP contribution in [-0.2, 0) is 13.0 Å². The summed E-state index contributed by atoms with van der Waals surface area (Å²) in [6.45, 7) is 5.41. The Hall–Kier alpha value is -1.00. The van der Waals surface area contributed by atoms with E-state index in [9.17, 15) is 0 Å². The largest absolute Gasteiger partial charge is 0.305 e. The molecule has 1 aliphatic heterocycles. The third kappa shape index (κ3) is 3.50.